The van der Waals surface area contributed by atoms with E-state index in [1.807, 2.05) is 0 Å². The predicted octanol–water partition coefficient (Wildman–Crippen LogP) is 3.28. The number of rotatable bonds is 6. The number of halogens is 3. The summed E-state index contributed by atoms with van der Waals surface area (Å²) in [5.41, 5.74) is 1.23. The number of hydrogen-bond acceptors (Lipinski definition) is 2. The normalized spacial score (nSPS) is 11.6. The first-order valence-electron chi connectivity index (χ1n) is 6.51. The van der Waals surface area contributed by atoms with E-state index < -0.39 is 21.7 Å². The number of hydrogen-bond donors (Lipinski definition) is 1. The maximum Gasteiger partial charge on any atom is 0.215 e. The average Bonchev–Trinajstić information content (AvgIpc) is 2.45. The van der Waals surface area contributed by atoms with Gasteiger partial charge >= 0.3 is 0 Å². The zero-order valence-corrected chi connectivity index (χ0v) is 13.1. The van der Waals surface area contributed by atoms with E-state index in [4.69, 9.17) is 11.6 Å². The molecule has 2 rings (SSSR count). The first-order valence-corrected chi connectivity index (χ1v) is 8.54. The lowest BCUT2D eigenvalue weighted by molar-refractivity contribution is 0.580. The molecule has 2 aromatic carbocycles. The van der Waals surface area contributed by atoms with Gasteiger partial charge in [0.1, 0.15) is 11.6 Å². The highest BCUT2D eigenvalue weighted by Gasteiger charge is 2.11. The molecule has 7 heteroatoms. The molecule has 0 aliphatic rings. The molecule has 0 saturated carbocycles. The Morgan fingerprint density at radius 2 is 1.64 bits per heavy atom. The van der Waals surface area contributed by atoms with Crippen LogP contribution in [0.4, 0.5) is 8.78 Å². The second-order valence-corrected chi connectivity index (χ2v) is 6.99. The lowest BCUT2D eigenvalue weighted by atomic mass is 10.1. The Bertz CT molecular complexity index is 749. The van der Waals surface area contributed by atoms with E-state index in [0.29, 0.717) is 12.0 Å². The van der Waals surface area contributed by atoms with Gasteiger partial charge < -0.3 is 0 Å². The van der Waals surface area contributed by atoms with E-state index in [1.54, 1.807) is 6.07 Å². The quantitative estimate of drug-likeness (QED) is 0.873. The SMILES string of the molecule is O=S(=O)(Cc1ccc(F)cc1)NCCc1ccc(F)c(Cl)c1. The lowest BCUT2D eigenvalue weighted by Gasteiger charge is -2.07. The van der Waals surface area contributed by atoms with E-state index in [0.717, 1.165) is 5.56 Å². The van der Waals surface area contributed by atoms with Crippen molar-refractivity contribution in [2.75, 3.05) is 6.54 Å². The van der Waals surface area contributed by atoms with E-state index in [-0.39, 0.29) is 17.3 Å². The zero-order valence-electron chi connectivity index (χ0n) is 11.5. The summed E-state index contributed by atoms with van der Waals surface area (Å²) in [4.78, 5) is 0. The van der Waals surface area contributed by atoms with Gasteiger partial charge in [-0.2, -0.15) is 0 Å². The third kappa shape index (κ3) is 5.05. The molecular weight excluding hydrogens is 332 g/mol. The smallest absolute Gasteiger partial charge is 0.215 e. The molecule has 0 unspecified atom stereocenters. The maximum atomic E-state index is 13.0. The largest absolute Gasteiger partial charge is 0.215 e. The van der Waals surface area contributed by atoms with Crippen molar-refractivity contribution in [1.29, 1.82) is 0 Å². The van der Waals surface area contributed by atoms with Crippen molar-refractivity contribution in [3.05, 3.63) is 70.2 Å². The Balaban J connectivity index is 1.89. The summed E-state index contributed by atoms with van der Waals surface area (Å²) in [6, 6.07) is 9.53. The van der Waals surface area contributed by atoms with Crippen molar-refractivity contribution in [3.8, 4) is 0 Å². The van der Waals surface area contributed by atoms with Gasteiger partial charge in [0, 0.05) is 6.54 Å². The van der Waals surface area contributed by atoms with Crippen molar-refractivity contribution in [3.63, 3.8) is 0 Å². The van der Waals surface area contributed by atoms with Crippen LogP contribution in [0.5, 0.6) is 0 Å². The molecule has 0 bridgehead atoms. The zero-order chi connectivity index (χ0) is 16.2. The summed E-state index contributed by atoms with van der Waals surface area (Å²) in [5.74, 6) is -1.15. The molecule has 0 aliphatic carbocycles. The highest BCUT2D eigenvalue weighted by atomic mass is 35.5. The summed E-state index contributed by atoms with van der Waals surface area (Å²) in [6.45, 7) is 0.172. The van der Waals surface area contributed by atoms with Gasteiger partial charge in [-0.3, -0.25) is 0 Å². The van der Waals surface area contributed by atoms with E-state index >= 15 is 0 Å². The van der Waals surface area contributed by atoms with E-state index in [9.17, 15) is 17.2 Å². The number of nitrogens with one attached hydrogen (secondary N) is 1. The van der Waals surface area contributed by atoms with Crippen LogP contribution in [0.1, 0.15) is 11.1 Å². The molecule has 0 aliphatic heterocycles. The fourth-order valence-electron chi connectivity index (χ4n) is 1.90. The Labute approximate surface area is 133 Å². The van der Waals surface area contributed by atoms with Crippen molar-refractivity contribution in [2.45, 2.75) is 12.2 Å². The summed E-state index contributed by atoms with van der Waals surface area (Å²) in [5, 5.41) is 0.00618. The van der Waals surface area contributed by atoms with Crippen LogP contribution in [0.15, 0.2) is 42.5 Å². The second kappa shape index (κ2) is 7.17. The van der Waals surface area contributed by atoms with Crippen LogP contribution < -0.4 is 4.72 Å². The first-order chi connectivity index (χ1) is 10.4. The molecule has 1 N–H and O–H groups in total. The third-order valence-corrected chi connectivity index (χ3v) is 4.64. The Morgan fingerprint density at radius 3 is 2.27 bits per heavy atom. The van der Waals surface area contributed by atoms with Crippen LogP contribution in [0, 0.1) is 11.6 Å². The molecular formula is C15H14ClF2NO2S. The molecule has 3 nitrogen and oxygen atoms in total. The van der Waals surface area contributed by atoms with Gasteiger partial charge in [0.2, 0.25) is 10.0 Å². The molecule has 0 radical (unpaired) electrons. The van der Waals surface area contributed by atoms with Crippen LogP contribution >= 0.6 is 11.6 Å². The minimum absolute atomic E-state index is 0.00618. The molecule has 0 heterocycles. The lowest BCUT2D eigenvalue weighted by Crippen LogP contribution is -2.27. The van der Waals surface area contributed by atoms with Crippen molar-refractivity contribution < 1.29 is 17.2 Å². The highest BCUT2D eigenvalue weighted by Crippen LogP contribution is 2.16. The van der Waals surface area contributed by atoms with Crippen molar-refractivity contribution in [1.82, 2.24) is 4.72 Å². The number of benzene rings is 2. The van der Waals surface area contributed by atoms with Crippen molar-refractivity contribution >= 4 is 21.6 Å². The first kappa shape index (κ1) is 16.9. The number of sulfonamides is 1. The molecule has 0 saturated heterocycles. The minimum Gasteiger partial charge on any atom is -0.215 e. The van der Waals surface area contributed by atoms with Crippen LogP contribution in [-0.4, -0.2) is 15.0 Å². The van der Waals surface area contributed by atoms with Gasteiger partial charge in [-0.1, -0.05) is 29.8 Å². The van der Waals surface area contributed by atoms with Gasteiger partial charge in [0.25, 0.3) is 0 Å². The summed E-state index contributed by atoms with van der Waals surface area (Å²) in [6.07, 6.45) is 0.392. The monoisotopic (exact) mass is 345 g/mol. The molecule has 0 atom stereocenters. The molecule has 0 spiro atoms. The molecule has 0 amide bonds. The minimum atomic E-state index is -3.52. The highest BCUT2D eigenvalue weighted by molar-refractivity contribution is 7.88. The fraction of sp³-hybridized carbons (Fsp3) is 0.200. The van der Waals surface area contributed by atoms with Crippen LogP contribution in [0.3, 0.4) is 0 Å². The van der Waals surface area contributed by atoms with E-state index in [1.165, 1.54) is 36.4 Å². The topological polar surface area (TPSA) is 46.2 Å². The molecule has 0 fully saturated rings. The molecule has 118 valence electrons. The maximum absolute atomic E-state index is 13.0. The molecule has 22 heavy (non-hydrogen) atoms. The standard InChI is InChI=1S/C15H14ClF2NO2S/c16-14-9-11(3-6-15(14)18)7-8-19-22(20,21)10-12-1-4-13(17)5-2-12/h1-6,9,19H,7-8,10H2. The van der Waals surface area contributed by atoms with E-state index in [2.05, 4.69) is 4.72 Å². The van der Waals surface area contributed by atoms with Crippen LogP contribution in [0.2, 0.25) is 5.02 Å². The van der Waals surface area contributed by atoms with Gasteiger partial charge in [0.05, 0.1) is 10.8 Å². The second-order valence-electron chi connectivity index (χ2n) is 4.78. The fourth-order valence-corrected chi connectivity index (χ4v) is 3.25. The van der Waals surface area contributed by atoms with Gasteiger partial charge in [-0.15, -0.1) is 0 Å². The third-order valence-electron chi connectivity index (χ3n) is 2.99. The van der Waals surface area contributed by atoms with Gasteiger partial charge in [-0.05, 0) is 41.8 Å². The van der Waals surface area contributed by atoms with Gasteiger partial charge in [0.15, 0.2) is 0 Å². The average molecular weight is 346 g/mol. The van der Waals surface area contributed by atoms with Crippen LogP contribution in [-0.2, 0) is 22.2 Å². The predicted molar refractivity (Wildman–Crippen MR) is 82.1 cm³/mol. The molecule has 0 aromatic heterocycles. The van der Waals surface area contributed by atoms with Gasteiger partial charge in [-0.25, -0.2) is 21.9 Å². The summed E-state index contributed by atoms with van der Waals surface area (Å²) < 4.78 is 52.0. The summed E-state index contributed by atoms with van der Waals surface area (Å²) >= 11 is 5.66. The van der Waals surface area contributed by atoms with Crippen molar-refractivity contribution in [2.24, 2.45) is 0 Å². The Hall–Kier alpha value is -1.50. The summed E-state index contributed by atoms with van der Waals surface area (Å²) in [7, 11) is -3.52. The molecule has 2 aromatic rings. The van der Waals surface area contributed by atoms with Crippen LogP contribution in [0.25, 0.3) is 0 Å². The Kier molecular flexibility index (Phi) is 5.50. The Morgan fingerprint density at radius 1 is 1.00 bits per heavy atom.